The molecule has 0 spiro atoms. The molecule has 96 valence electrons. The van der Waals surface area contributed by atoms with E-state index in [1.165, 1.54) is 0 Å². The fourth-order valence-corrected chi connectivity index (χ4v) is 2.30. The van der Waals surface area contributed by atoms with Gasteiger partial charge in [-0.05, 0) is 22.0 Å². The molecule has 1 aliphatic rings. The second kappa shape index (κ2) is 6.14. The number of nitrogens with zero attached hydrogens (tertiary/aromatic N) is 3. The summed E-state index contributed by atoms with van der Waals surface area (Å²) >= 11 is 3.38. The second-order valence-electron chi connectivity index (χ2n) is 4.03. The normalized spacial score (nSPS) is 19.6. The summed E-state index contributed by atoms with van der Waals surface area (Å²) in [4.78, 5) is 6.24. The third-order valence-corrected chi connectivity index (χ3v) is 3.21. The highest BCUT2D eigenvalue weighted by Gasteiger charge is 2.23. The zero-order valence-corrected chi connectivity index (χ0v) is 11.7. The van der Waals surface area contributed by atoms with Crippen molar-refractivity contribution in [1.29, 1.82) is 5.26 Å². The van der Waals surface area contributed by atoms with E-state index in [4.69, 9.17) is 14.7 Å². The molecule has 2 rings (SSSR count). The van der Waals surface area contributed by atoms with Crippen LogP contribution >= 0.6 is 15.9 Å². The Labute approximate surface area is 114 Å². The van der Waals surface area contributed by atoms with Gasteiger partial charge in [0.15, 0.2) is 5.69 Å². The van der Waals surface area contributed by atoms with E-state index >= 15 is 0 Å². The molecule has 0 bridgehead atoms. The number of aromatic nitrogens is 1. The minimum atomic E-state index is 0.0364. The van der Waals surface area contributed by atoms with E-state index < -0.39 is 0 Å². The van der Waals surface area contributed by atoms with E-state index in [1.807, 2.05) is 6.07 Å². The number of hydrogen-bond acceptors (Lipinski definition) is 5. The lowest BCUT2D eigenvalue weighted by molar-refractivity contribution is -0.0100. The zero-order chi connectivity index (χ0) is 13.0. The number of nitriles is 1. The van der Waals surface area contributed by atoms with Crippen molar-refractivity contribution in [1.82, 2.24) is 4.98 Å². The summed E-state index contributed by atoms with van der Waals surface area (Å²) in [6.45, 7) is 2.65. The molecule has 0 N–H and O–H groups in total. The summed E-state index contributed by atoms with van der Waals surface area (Å²) in [6.07, 6.45) is 1.67. The number of hydrogen-bond donors (Lipinski definition) is 0. The standard InChI is InChI=1S/C12H14BrN3O2/c1-17-8-10-7-16(2-3-18-10)12-4-9(13)6-15-11(12)5-14/h4,6,10H,2-3,7-8H2,1H3/t10-/m0/s1. The first kappa shape index (κ1) is 13.3. The van der Waals surface area contributed by atoms with E-state index in [9.17, 15) is 0 Å². The molecular weight excluding hydrogens is 298 g/mol. The van der Waals surface area contributed by atoms with Crippen LogP contribution in [-0.4, -0.2) is 44.5 Å². The summed E-state index contributed by atoms with van der Waals surface area (Å²) in [5.41, 5.74) is 1.28. The average Bonchev–Trinajstić information content (AvgIpc) is 2.39. The highest BCUT2D eigenvalue weighted by molar-refractivity contribution is 9.10. The molecule has 0 radical (unpaired) electrons. The van der Waals surface area contributed by atoms with Gasteiger partial charge in [0.25, 0.3) is 0 Å². The SMILES string of the molecule is COC[C@@H]1CN(c2cc(Br)cnc2C#N)CCO1. The summed E-state index contributed by atoms with van der Waals surface area (Å²) in [7, 11) is 1.66. The minimum Gasteiger partial charge on any atom is -0.382 e. The topological polar surface area (TPSA) is 58.4 Å². The Morgan fingerprint density at radius 2 is 2.56 bits per heavy atom. The van der Waals surface area contributed by atoms with Gasteiger partial charge in [-0.25, -0.2) is 4.98 Å². The number of anilines is 1. The fraction of sp³-hybridized carbons (Fsp3) is 0.500. The summed E-state index contributed by atoms with van der Waals surface area (Å²) in [5.74, 6) is 0. The van der Waals surface area contributed by atoms with Crippen LogP contribution in [0.3, 0.4) is 0 Å². The Morgan fingerprint density at radius 1 is 1.72 bits per heavy atom. The fourth-order valence-electron chi connectivity index (χ4n) is 1.98. The molecule has 6 heteroatoms. The van der Waals surface area contributed by atoms with Gasteiger partial charge in [-0.3, -0.25) is 0 Å². The molecule has 1 fully saturated rings. The number of halogens is 1. The zero-order valence-electron chi connectivity index (χ0n) is 10.1. The molecule has 18 heavy (non-hydrogen) atoms. The van der Waals surface area contributed by atoms with Crippen LogP contribution in [0.1, 0.15) is 5.69 Å². The van der Waals surface area contributed by atoms with Crippen LogP contribution < -0.4 is 4.90 Å². The van der Waals surface area contributed by atoms with Gasteiger partial charge in [0.2, 0.25) is 0 Å². The smallest absolute Gasteiger partial charge is 0.163 e. The van der Waals surface area contributed by atoms with Gasteiger partial charge >= 0.3 is 0 Å². The maximum atomic E-state index is 9.10. The summed E-state index contributed by atoms with van der Waals surface area (Å²) in [5, 5.41) is 9.10. The molecule has 1 aliphatic heterocycles. The third kappa shape index (κ3) is 2.99. The molecule has 1 aromatic rings. The average molecular weight is 312 g/mol. The van der Waals surface area contributed by atoms with Crippen LogP contribution in [0.5, 0.6) is 0 Å². The number of rotatable bonds is 3. The van der Waals surface area contributed by atoms with Gasteiger partial charge in [0, 0.05) is 30.9 Å². The monoisotopic (exact) mass is 311 g/mol. The Bertz CT molecular complexity index is 459. The van der Waals surface area contributed by atoms with Crippen LogP contribution in [0.25, 0.3) is 0 Å². The van der Waals surface area contributed by atoms with Crippen LogP contribution in [0, 0.1) is 11.3 Å². The van der Waals surface area contributed by atoms with Crippen molar-refractivity contribution < 1.29 is 9.47 Å². The van der Waals surface area contributed by atoms with Crippen molar-refractivity contribution in [3.63, 3.8) is 0 Å². The van der Waals surface area contributed by atoms with E-state index in [2.05, 4.69) is 31.9 Å². The van der Waals surface area contributed by atoms with Crippen molar-refractivity contribution in [3.05, 3.63) is 22.4 Å². The van der Waals surface area contributed by atoms with Crippen molar-refractivity contribution in [2.24, 2.45) is 0 Å². The predicted octanol–water partition coefficient (Wildman–Crippen LogP) is 1.57. The van der Waals surface area contributed by atoms with E-state index in [0.29, 0.717) is 25.5 Å². The Kier molecular flexibility index (Phi) is 4.53. The van der Waals surface area contributed by atoms with Gasteiger partial charge in [0.05, 0.1) is 25.0 Å². The van der Waals surface area contributed by atoms with E-state index in [1.54, 1.807) is 13.3 Å². The van der Waals surface area contributed by atoms with Gasteiger partial charge < -0.3 is 14.4 Å². The Hall–Kier alpha value is -1.16. The van der Waals surface area contributed by atoms with E-state index in [0.717, 1.165) is 16.7 Å². The van der Waals surface area contributed by atoms with Crippen molar-refractivity contribution >= 4 is 21.6 Å². The molecule has 1 atom stereocenters. The quantitative estimate of drug-likeness (QED) is 0.848. The Balaban J connectivity index is 2.20. The molecule has 0 saturated carbocycles. The molecule has 1 aromatic heterocycles. The molecule has 5 nitrogen and oxygen atoms in total. The highest BCUT2D eigenvalue weighted by Crippen LogP contribution is 2.24. The molecule has 0 amide bonds. The summed E-state index contributed by atoms with van der Waals surface area (Å²) < 4.78 is 11.6. The highest BCUT2D eigenvalue weighted by atomic mass is 79.9. The summed E-state index contributed by atoms with van der Waals surface area (Å²) in [6, 6.07) is 4.04. The largest absolute Gasteiger partial charge is 0.382 e. The second-order valence-corrected chi connectivity index (χ2v) is 4.94. The van der Waals surface area contributed by atoms with Crippen LogP contribution in [0.15, 0.2) is 16.7 Å². The minimum absolute atomic E-state index is 0.0364. The molecule has 0 unspecified atom stereocenters. The molecule has 0 aromatic carbocycles. The van der Waals surface area contributed by atoms with Crippen molar-refractivity contribution in [2.45, 2.75) is 6.10 Å². The maximum absolute atomic E-state index is 9.10. The lowest BCUT2D eigenvalue weighted by Gasteiger charge is -2.34. The molecule has 2 heterocycles. The molecule has 0 aliphatic carbocycles. The maximum Gasteiger partial charge on any atom is 0.163 e. The van der Waals surface area contributed by atoms with Gasteiger partial charge in [-0.2, -0.15) is 5.26 Å². The third-order valence-electron chi connectivity index (χ3n) is 2.77. The van der Waals surface area contributed by atoms with Gasteiger partial charge in [0.1, 0.15) is 6.07 Å². The van der Waals surface area contributed by atoms with E-state index in [-0.39, 0.29) is 6.10 Å². The van der Waals surface area contributed by atoms with Crippen LogP contribution in [0.2, 0.25) is 0 Å². The first-order valence-electron chi connectivity index (χ1n) is 5.65. The number of pyridine rings is 1. The molecular formula is C12H14BrN3O2. The van der Waals surface area contributed by atoms with Crippen molar-refractivity contribution in [3.8, 4) is 6.07 Å². The van der Waals surface area contributed by atoms with Gasteiger partial charge in [-0.15, -0.1) is 0 Å². The van der Waals surface area contributed by atoms with Crippen molar-refractivity contribution in [2.75, 3.05) is 38.3 Å². The van der Waals surface area contributed by atoms with Gasteiger partial charge in [-0.1, -0.05) is 0 Å². The number of ether oxygens (including phenoxy) is 2. The first-order chi connectivity index (χ1) is 8.74. The molecule has 1 saturated heterocycles. The number of methoxy groups -OCH3 is 1. The lowest BCUT2D eigenvalue weighted by atomic mass is 10.2. The predicted molar refractivity (Wildman–Crippen MR) is 70.5 cm³/mol. The Morgan fingerprint density at radius 3 is 3.28 bits per heavy atom. The van der Waals surface area contributed by atoms with Crippen LogP contribution in [0.4, 0.5) is 5.69 Å². The first-order valence-corrected chi connectivity index (χ1v) is 6.45. The lowest BCUT2D eigenvalue weighted by Crippen LogP contribution is -2.44. The number of morpholine rings is 1. The van der Waals surface area contributed by atoms with Crippen LogP contribution in [-0.2, 0) is 9.47 Å².